The summed E-state index contributed by atoms with van der Waals surface area (Å²) in [6.07, 6.45) is 20.6. The van der Waals surface area contributed by atoms with E-state index in [0.29, 0.717) is 11.8 Å². The number of hydrogen-bond acceptors (Lipinski definition) is 2. The molecule has 2 nitrogen and oxygen atoms in total. The van der Waals surface area contributed by atoms with Crippen LogP contribution in [-0.4, -0.2) is 6.54 Å². The number of hydrogen-bond donors (Lipinski definition) is 1. The van der Waals surface area contributed by atoms with Crippen molar-refractivity contribution in [1.29, 1.82) is 0 Å². The van der Waals surface area contributed by atoms with E-state index in [-0.39, 0.29) is 10.8 Å². The Morgan fingerprint density at radius 1 is 0.621 bits per heavy atom. The third-order valence-corrected chi connectivity index (χ3v) is 12.2. The molecule has 0 radical (unpaired) electrons. The summed E-state index contributed by atoms with van der Waals surface area (Å²) in [6, 6.07) is 49.0. The van der Waals surface area contributed by atoms with Crippen LogP contribution in [0.4, 0.5) is 11.4 Å². The topological polar surface area (TPSA) is 15.3 Å². The molecule has 0 spiro atoms. The molecule has 1 heterocycles. The van der Waals surface area contributed by atoms with Crippen molar-refractivity contribution in [2.45, 2.75) is 84.5 Å². The molecule has 6 aromatic rings. The number of rotatable bonds is 16. The van der Waals surface area contributed by atoms with Crippen molar-refractivity contribution in [2.75, 3.05) is 16.8 Å². The molecule has 1 aliphatic rings. The van der Waals surface area contributed by atoms with E-state index in [1.165, 1.54) is 67.3 Å². The molecule has 2 atom stereocenters. The smallest absolute Gasteiger partial charge is 0.0457 e. The maximum Gasteiger partial charge on any atom is 0.0457 e. The molecule has 6 aromatic carbocycles. The first-order valence-corrected chi connectivity index (χ1v) is 21.5. The SMILES string of the molecule is CC(C)CCN1/C(=C/C=C/C=C/C=C/Nc2ccc3ccccc3c2C(C)(CCC(C)C)Cc2ccccc2)C(C)(Cc2ccccc2)c2c1ccc1ccccc21. The molecular formula is C56H62N2. The second-order valence-electron chi connectivity index (χ2n) is 17.7. The van der Waals surface area contributed by atoms with Crippen LogP contribution in [0.2, 0.25) is 0 Å². The molecule has 7 rings (SSSR count). The first-order valence-electron chi connectivity index (χ1n) is 21.5. The minimum atomic E-state index is -0.186. The van der Waals surface area contributed by atoms with Gasteiger partial charge in [-0.25, -0.2) is 0 Å². The van der Waals surface area contributed by atoms with Gasteiger partial charge in [-0.15, -0.1) is 0 Å². The van der Waals surface area contributed by atoms with Gasteiger partial charge in [0.1, 0.15) is 0 Å². The van der Waals surface area contributed by atoms with E-state index in [1.807, 2.05) is 0 Å². The Balaban J connectivity index is 1.17. The van der Waals surface area contributed by atoms with Crippen molar-refractivity contribution in [1.82, 2.24) is 0 Å². The van der Waals surface area contributed by atoms with Gasteiger partial charge in [0.2, 0.25) is 0 Å². The fraction of sp³-hybridized carbons (Fsp3) is 0.286. The van der Waals surface area contributed by atoms with Gasteiger partial charge in [0.05, 0.1) is 0 Å². The third-order valence-electron chi connectivity index (χ3n) is 12.2. The van der Waals surface area contributed by atoms with Crippen LogP contribution in [0.15, 0.2) is 182 Å². The van der Waals surface area contributed by atoms with E-state index in [2.05, 4.69) is 228 Å². The standard InChI is InChI=1S/C56H62N2/c1-42(2)35-37-55(5,40-44-22-12-10-13-23-44)53-48-28-19-17-26-46(48)31-33-50(53)57-38-21-9-7-8-16-30-52-56(6,41-45-24-14-11-15-25-45)54-49-29-20-18-27-47(49)32-34-51(54)58(52)39-36-43(3)4/h7-34,38,42-43,57H,35-37,39-41H2,1-6H3/b9-7+,16-8+,38-21+,52-30+. The molecule has 0 aliphatic carbocycles. The van der Waals surface area contributed by atoms with Crippen molar-refractivity contribution in [2.24, 2.45) is 11.8 Å². The summed E-state index contributed by atoms with van der Waals surface area (Å²) < 4.78 is 0. The number of nitrogens with zero attached hydrogens (tertiary/aromatic N) is 1. The predicted octanol–water partition coefficient (Wildman–Crippen LogP) is 14.9. The highest BCUT2D eigenvalue weighted by Crippen LogP contribution is 2.53. The average Bonchev–Trinajstić information content (AvgIpc) is 3.46. The zero-order chi connectivity index (χ0) is 40.5. The first kappa shape index (κ1) is 40.6. The van der Waals surface area contributed by atoms with E-state index < -0.39 is 0 Å². The Kier molecular flexibility index (Phi) is 12.8. The number of anilines is 2. The maximum absolute atomic E-state index is 3.73. The van der Waals surface area contributed by atoms with Crippen molar-refractivity contribution >= 4 is 32.9 Å². The lowest BCUT2D eigenvalue weighted by Gasteiger charge is -2.34. The van der Waals surface area contributed by atoms with Crippen molar-refractivity contribution < 1.29 is 0 Å². The van der Waals surface area contributed by atoms with Gasteiger partial charge in [0, 0.05) is 35.2 Å². The van der Waals surface area contributed by atoms with Crippen molar-refractivity contribution in [3.05, 3.63) is 204 Å². The largest absolute Gasteiger partial charge is 0.361 e. The van der Waals surface area contributed by atoms with Gasteiger partial charge in [-0.1, -0.05) is 187 Å². The Bertz CT molecular complexity index is 2410. The summed E-state index contributed by atoms with van der Waals surface area (Å²) >= 11 is 0. The summed E-state index contributed by atoms with van der Waals surface area (Å²) in [5, 5.41) is 9.01. The van der Waals surface area contributed by atoms with Crippen LogP contribution >= 0.6 is 0 Å². The Morgan fingerprint density at radius 3 is 1.91 bits per heavy atom. The second-order valence-corrected chi connectivity index (χ2v) is 17.7. The summed E-state index contributed by atoms with van der Waals surface area (Å²) in [6.45, 7) is 15.3. The van der Waals surface area contributed by atoms with E-state index in [9.17, 15) is 0 Å². The lowest BCUT2D eigenvalue weighted by atomic mass is 9.71. The molecule has 1 N–H and O–H groups in total. The van der Waals surface area contributed by atoms with Crippen LogP contribution in [-0.2, 0) is 23.7 Å². The first-order chi connectivity index (χ1) is 28.2. The van der Waals surface area contributed by atoms with E-state index >= 15 is 0 Å². The fourth-order valence-electron chi connectivity index (χ4n) is 9.24. The molecule has 1 aliphatic heterocycles. The average molecular weight is 763 g/mol. The van der Waals surface area contributed by atoms with Crippen LogP contribution in [0.1, 0.15) is 83.1 Å². The Hall–Kier alpha value is -5.60. The maximum atomic E-state index is 3.73. The zero-order valence-corrected chi connectivity index (χ0v) is 35.6. The van der Waals surface area contributed by atoms with Gasteiger partial charge in [-0.05, 0) is 118 Å². The van der Waals surface area contributed by atoms with Gasteiger partial charge in [-0.2, -0.15) is 0 Å². The molecule has 0 saturated heterocycles. The van der Waals surface area contributed by atoms with Crippen LogP contribution < -0.4 is 10.2 Å². The van der Waals surface area contributed by atoms with Gasteiger partial charge < -0.3 is 10.2 Å². The van der Waals surface area contributed by atoms with Crippen LogP contribution in [0, 0.1) is 11.8 Å². The third kappa shape index (κ3) is 9.08. The number of allylic oxidation sites excluding steroid dienone is 7. The van der Waals surface area contributed by atoms with Crippen LogP contribution in [0.25, 0.3) is 21.5 Å². The molecular weight excluding hydrogens is 701 g/mol. The minimum absolute atomic E-state index is 0.0427. The number of fused-ring (bicyclic) bond motifs is 4. The highest BCUT2D eigenvalue weighted by Gasteiger charge is 2.44. The lowest BCUT2D eigenvalue weighted by Crippen LogP contribution is -2.31. The molecule has 296 valence electrons. The molecule has 0 amide bonds. The fourth-order valence-corrected chi connectivity index (χ4v) is 9.24. The minimum Gasteiger partial charge on any atom is -0.361 e. The zero-order valence-electron chi connectivity index (χ0n) is 35.6. The quantitative estimate of drug-likeness (QED) is 0.0988. The molecule has 0 bridgehead atoms. The number of benzene rings is 6. The Morgan fingerprint density at radius 2 is 1.21 bits per heavy atom. The number of nitrogens with one attached hydrogen (secondary N) is 1. The lowest BCUT2D eigenvalue weighted by molar-refractivity contribution is 0.385. The second kappa shape index (κ2) is 18.3. The van der Waals surface area contributed by atoms with Gasteiger partial charge in [0.15, 0.2) is 0 Å². The van der Waals surface area contributed by atoms with Crippen LogP contribution in [0.3, 0.4) is 0 Å². The molecule has 0 saturated carbocycles. The summed E-state index contributed by atoms with van der Waals surface area (Å²) in [7, 11) is 0. The van der Waals surface area contributed by atoms with E-state index in [0.717, 1.165) is 32.2 Å². The molecule has 2 unspecified atom stereocenters. The van der Waals surface area contributed by atoms with E-state index in [1.54, 1.807) is 0 Å². The molecule has 0 fully saturated rings. The highest BCUT2D eigenvalue weighted by atomic mass is 15.2. The normalized spacial score (nSPS) is 17.5. The van der Waals surface area contributed by atoms with Crippen molar-refractivity contribution in [3.63, 3.8) is 0 Å². The van der Waals surface area contributed by atoms with Crippen molar-refractivity contribution in [3.8, 4) is 0 Å². The molecule has 58 heavy (non-hydrogen) atoms. The van der Waals surface area contributed by atoms with Crippen LogP contribution in [0.5, 0.6) is 0 Å². The molecule has 2 heteroatoms. The van der Waals surface area contributed by atoms with Gasteiger partial charge >= 0.3 is 0 Å². The summed E-state index contributed by atoms with van der Waals surface area (Å²) in [5.41, 5.74) is 9.25. The molecule has 0 aromatic heterocycles. The van der Waals surface area contributed by atoms with E-state index in [4.69, 9.17) is 0 Å². The highest BCUT2D eigenvalue weighted by molar-refractivity contribution is 5.95. The predicted molar refractivity (Wildman–Crippen MR) is 253 cm³/mol. The van der Waals surface area contributed by atoms with Gasteiger partial charge in [0.25, 0.3) is 0 Å². The van der Waals surface area contributed by atoms with Gasteiger partial charge in [-0.3, -0.25) is 0 Å². The summed E-state index contributed by atoms with van der Waals surface area (Å²) in [5.74, 6) is 1.26. The Labute approximate surface area is 348 Å². The summed E-state index contributed by atoms with van der Waals surface area (Å²) in [4.78, 5) is 2.61. The monoisotopic (exact) mass is 762 g/mol.